The van der Waals surface area contributed by atoms with Crippen LogP contribution in [-0.4, -0.2) is 57.7 Å². The topological polar surface area (TPSA) is 66.0 Å². The molecule has 2 N–H and O–H groups in total. The maximum atomic E-state index is 13.0. The fourth-order valence-electron chi connectivity index (χ4n) is 2.24. The van der Waals surface area contributed by atoms with Crippen molar-refractivity contribution in [3.05, 3.63) is 59.9 Å². The molecule has 0 aliphatic carbocycles. The number of amides is 1. The zero-order valence-electron chi connectivity index (χ0n) is 17.4. The van der Waals surface area contributed by atoms with E-state index < -0.39 is 0 Å². The highest BCUT2D eigenvalue weighted by Crippen LogP contribution is 2.27. The Morgan fingerprint density at radius 3 is 2.23 bits per heavy atom. The first kappa shape index (κ1) is 26.2. The summed E-state index contributed by atoms with van der Waals surface area (Å²) in [5.41, 5.74) is 1.04. The number of halogens is 2. The fraction of sp³-hybridized carbons (Fsp3) is 0.333. The molecule has 9 heteroatoms. The molecule has 0 radical (unpaired) electrons. The smallest absolute Gasteiger partial charge is 0.241 e. The standard InChI is InChI=1S/C21H27FN4O2S.HI/c1-26(2)20(27)15-25-21(23-12-13-28-3)24-14-16-4-8-18(9-5-16)29-19-10-6-17(22)7-11-19;/h4-11H,12-15H2,1-3H3,(H2,23,24,25);1H. The second-order valence-electron chi connectivity index (χ2n) is 6.43. The molecule has 0 saturated carbocycles. The van der Waals surface area contributed by atoms with E-state index >= 15 is 0 Å². The lowest BCUT2D eigenvalue weighted by molar-refractivity contribution is -0.127. The molecule has 0 aromatic heterocycles. The molecule has 0 aliphatic rings. The molecule has 164 valence electrons. The summed E-state index contributed by atoms with van der Waals surface area (Å²) in [5.74, 6) is 0.286. The second kappa shape index (κ2) is 14.2. The zero-order chi connectivity index (χ0) is 21.1. The van der Waals surface area contributed by atoms with Crippen molar-refractivity contribution in [1.82, 2.24) is 15.5 Å². The summed E-state index contributed by atoms with van der Waals surface area (Å²) in [7, 11) is 5.06. The largest absolute Gasteiger partial charge is 0.383 e. The number of guanidine groups is 1. The minimum atomic E-state index is -0.238. The van der Waals surface area contributed by atoms with Gasteiger partial charge in [0.25, 0.3) is 0 Å². The van der Waals surface area contributed by atoms with Crippen LogP contribution >= 0.6 is 35.7 Å². The Hall–Kier alpha value is -1.85. The summed E-state index contributed by atoms with van der Waals surface area (Å²) in [6, 6.07) is 14.5. The molecule has 0 spiro atoms. The summed E-state index contributed by atoms with van der Waals surface area (Å²) in [6.45, 7) is 1.77. The van der Waals surface area contributed by atoms with Gasteiger partial charge in [-0.25, -0.2) is 9.38 Å². The van der Waals surface area contributed by atoms with E-state index in [1.54, 1.807) is 45.1 Å². The maximum Gasteiger partial charge on any atom is 0.241 e. The van der Waals surface area contributed by atoms with Crippen LogP contribution in [-0.2, 0) is 16.1 Å². The lowest BCUT2D eigenvalue weighted by atomic mass is 10.2. The minimum absolute atomic E-state index is 0. The molecule has 0 saturated heterocycles. The van der Waals surface area contributed by atoms with E-state index in [1.165, 1.54) is 17.0 Å². The lowest BCUT2D eigenvalue weighted by Gasteiger charge is -2.14. The van der Waals surface area contributed by atoms with Crippen molar-refractivity contribution in [2.45, 2.75) is 16.3 Å². The predicted molar refractivity (Wildman–Crippen MR) is 130 cm³/mol. The highest BCUT2D eigenvalue weighted by Gasteiger charge is 2.06. The van der Waals surface area contributed by atoms with Crippen LogP contribution in [0.4, 0.5) is 4.39 Å². The van der Waals surface area contributed by atoms with Crippen molar-refractivity contribution in [3.8, 4) is 0 Å². The maximum absolute atomic E-state index is 13.0. The molecule has 6 nitrogen and oxygen atoms in total. The molecule has 2 aromatic rings. The number of aliphatic imine (C=N–C) groups is 1. The molecule has 0 heterocycles. The van der Waals surface area contributed by atoms with Crippen LogP contribution in [0.3, 0.4) is 0 Å². The van der Waals surface area contributed by atoms with Gasteiger partial charge in [0.2, 0.25) is 5.91 Å². The Bertz CT molecular complexity index is 802. The van der Waals surface area contributed by atoms with E-state index in [1.807, 2.05) is 24.3 Å². The van der Waals surface area contributed by atoms with Crippen LogP contribution in [0.5, 0.6) is 0 Å². The zero-order valence-corrected chi connectivity index (χ0v) is 20.5. The number of nitrogens with zero attached hydrogens (tertiary/aromatic N) is 2. The molecule has 1 amide bonds. The first-order chi connectivity index (χ1) is 14.0. The highest BCUT2D eigenvalue weighted by atomic mass is 127. The summed E-state index contributed by atoms with van der Waals surface area (Å²) < 4.78 is 18.0. The van der Waals surface area contributed by atoms with Crippen LogP contribution < -0.4 is 10.6 Å². The molecule has 0 bridgehead atoms. The third-order valence-corrected chi connectivity index (χ3v) is 4.91. The Morgan fingerprint density at radius 2 is 1.67 bits per heavy atom. The average molecular weight is 546 g/mol. The molecule has 2 rings (SSSR count). The summed E-state index contributed by atoms with van der Waals surface area (Å²) in [4.78, 5) is 19.9. The molecular weight excluding hydrogens is 518 g/mol. The number of rotatable bonds is 9. The van der Waals surface area contributed by atoms with Crippen LogP contribution in [0.1, 0.15) is 5.56 Å². The SMILES string of the molecule is COCCNC(=NCc1ccc(Sc2ccc(F)cc2)cc1)NCC(=O)N(C)C.I. The van der Waals surface area contributed by atoms with E-state index in [0.717, 1.165) is 15.4 Å². The number of carbonyl (C=O) groups is 1. The molecule has 0 fully saturated rings. The van der Waals surface area contributed by atoms with Crippen LogP contribution in [0.15, 0.2) is 63.3 Å². The first-order valence-corrected chi connectivity index (χ1v) is 10.0. The van der Waals surface area contributed by atoms with Gasteiger partial charge in [0.15, 0.2) is 5.96 Å². The van der Waals surface area contributed by atoms with Gasteiger partial charge in [0, 0.05) is 37.5 Å². The number of benzene rings is 2. The second-order valence-corrected chi connectivity index (χ2v) is 7.57. The monoisotopic (exact) mass is 546 g/mol. The Morgan fingerprint density at radius 1 is 1.07 bits per heavy atom. The molecule has 0 aliphatic heterocycles. The van der Waals surface area contributed by atoms with E-state index in [-0.39, 0.29) is 42.2 Å². The van der Waals surface area contributed by atoms with Gasteiger partial charge in [-0.15, -0.1) is 24.0 Å². The van der Waals surface area contributed by atoms with Gasteiger partial charge in [0.05, 0.1) is 19.7 Å². The molecular formula is C21H28FIN4O2S. The average Bonchev–Trinajstić information content (AvgIpc) is 2.72. The summed E-state index contributed by atoms with van der Waals surface area (Å²) >= 11 is 1.57. The number of carbonyl (C=O) groups excluding carboxylic acids is 1. The quantitative estimate of drug-likeness (QED) is 0.219. The highest BCUT2D eigenvalue weighted by molar-refractivity contribution is 14.0. The molecule has 0 unspecified atom stereocenters. The van der Waals surface area contributed by atoms with E-state index in [2.05, 4.69) is 15.6 Å². The lowest BCUT2D eigenvalue weighted by Crippen LogP contribution is -2.43. The molecule has 0 atom stereocenters. The van der Waals surface area contributed by atoms with Crippen LogP contribution in [0.2, 0.25) is 0 Å². The Kier molecular flexibility index (Phi) is 12.4. The van der Waals surface area contributed by atoms with Gasteiger partial charge in [-0.2, -0.15) is 0 Å². The van der Waals surface area contributed by atoms with Gasteiger partial charge in [0.1, 0.15) is 5.82 Å². The number of likely N-dealkylation sites (N-methyl/N-ethyl adjacent to an activating group) is 1. The summed E-state index contributed by atoms with van der Waals surface area (Å²) in [5, 5.41) is 6.18. The number of hydrogen-bond acceptors (Lipinski definition) is 4. The normalized spacial score (nSPS) is 10.9. The number of ether oxygens (including phenoxy) is 1. The van der Waals surface area contributed by atoms with Crippen LogP contribution in [0, 0.1) is 5.82 Å². The number of methoxy groups -OCH3 is 1. The van der Waals surface area contributed by atoms with Crippen molar-refractivity contribution < 1.29 is 13.9 Å². The minimum Gasteiger partial charge on any atom is -0.383 e. The Labute approximate surface area is 198 Å². The third-order valence-electron chi connectivity index (χ3n) is 3.90. The van der Waals surface area contributed by atoms with Gasteiger partial charge in [-0.1, -0.05) is 23.9 Å². The van der Waals surface area contributed by atoms with E-state index in [0.29, 0.717) is 25.7 Å². The van der Waals surface area contributed by atoms with Gasteiger partial charge in [-0.3, -0.25) is 4.79 Å². The predicted octanol–water partition coefficient (Wildman–Crippen LogP) is 3.36. The van der Waals surface area contributed by atoms with E-state index in [9.17, 15) is 9.18 Å². The van der Waals surface area contributed by atoms with Crippen LogP contribution in [0.25, 0.3) is 0 Å². The number of hydrogen-bond donors (Lipinski definition) is 2. The van der Waals surface area contributed by atoms with Crippen molar-refractivity contribution in [2.75, 3.05) is 40.9 Å². The summed E-state index contributed by atoms with van der Waals surface area (Å²) in [6.07, 6.45) is 0. The van der Waals surface area contributed by atoms with Crippen molar-refractivity contribution >= 4 is 47.6 Å². The van der Waals surface area contributed by atoms with Crippen molar-refractivity contribution in [3.63, 3.8) is 0 Å². The van der Waals surface area contributed by atoms with E-state index in [4.69, 9.17) is 4.74 Å². The number of nitrogens with one attached hydrogen (secondary N) is 2. The van der Waals surface area contributed by atoms with Gasteiger partial charge in [-0.05, 0) is 42.0 Å². The fourth-order valence-corrected chi connectivity index (χ4v) is 3.05. The third kappa shape index (κ3) is 9.77. The molecule has 30 heavy (non-hydrogen) atoms. The Balaban J connectivity index is 0.00000450. The molecule has 2 aromatic carbocycles. The van der Waals surface area contributed by atoms with Crippen molar-refractivity contribution in [1.29, 1.82) is 0 Å². The van der Waals surface area contributed by atoms with Gasteiger partial charge < -0.3 is 20.3 Å². The van der Waals surface area contributed by atoms with Gasteiger partial charge >= 0.3 is 0 Å². The first-order valence-electron chi connectivity index (χ1n) is 9.21. The van der Waals surface area contributed by atoms with Crippen molar-refractivity contribution in [2.24, 2.45) is 4.99 Å².